The Bertz CT molecular complexity index is 200. The summed E-state index contributed by atoms with van der Waals surface area (Å²) in [4.78, 5) is 4.53. The quantitative estimate of drug-likeness (QED) is 0.723. The van der Waals surface area contributed by atoms with Crippen molar-refractivity contribution >= 4 is 28.7 Å². The third kappa shape index (κ3) is 2.81. The zero-order valence-corrected chi connectivity index (χ0v) is 9.59. The molecule has 2 nitrogen and oxygen atoms in total. The number of nitrogens with zero attached hydrogens (tertiary/aromatic N) is 1. The molecule has 2 atom stereocenters. The predicted octanol–water partition coefficient (Wildman–Crippen LogP) is 1.82. The van der Waals surface area contributed by atoms with Crippen molar-refractivity contribution in [3.63, 3.8) is 0 Å². The van der Waals surface area contributed by atoms with Crippen LogP contribution in [0.4, 0.5) is 0 Å². The smallest absolute Gasteiger partial charge is 0.156 e. The van der Waals surface area contributed by atoms with Crippen molar-refractivity contribution in [1.82, 2.24) is 5.32 Å². The van der Waals surface area contributed by atoms with E-state index in [1.54, 1.807) is 0 Å². The summed E-state index contributed by atoms with van der Waals surface area (Å²) in [6.07, 6.45) is 1.31. The second-order valence-electron chi connectivity index (χ2n) is 3.77. The molecule has 0 aromatic carbocycles. The first-order chi connectivity index (χ1) is 6.34. The number of nitrogens with one attached hydrogen (secondary N) is 1. The van der Waals surface area contributed by atoms with Crippen molar-refractivity contribution in [2.75, 3.05) is 23.8 Å². The van der Waals surface area contributed by atoms with E-state index in [1.165, 1.54) is 28.8 Å². The van der Waals surface area contributed by atoms with Gasteiger partial charge in [0.05, 0.1) is 0 Å². The molecule has 0 bridgehead atoms. The molecule has 2 unspecified atom stereocenters. The molecule has 0 amide bonds. The molecular weight excluding hydrogens is 200 g/mol. The van der Waals surface area contributed by atoms with Crippen LogP contribution in [-0.2, 0) is 0 Å². The van der Waals surface area contributed by atoms with Crippen molar-refractivity contribution in [2.24, 2.45) is 10.9 Å². The largest absolute Gasteiger partial charge is 0.361 e. The summed E-state index contributed by atoms with van der Waals surface area (Å²) >= 11 is 3.93. The average molecular weight is 216 g/mol. The highest BCUT2D eigenvalue weighted by molar-refractivity contribution is 8.13. The van der Waals surface area contributed by atoms with Crippen LogP contribution in [0.15, 0.2) is 4.99 Å². The Morgan fingerprint density at radius 3 is 3.00 bits per heavy atom. The number of hydrogen-bond acceptors (Lipinski definition) is 4. The molecule has 0 radical (unpaired) electrons. The van der Waals surface area contributed by atoms with Crippen LogP contribution in [0.3, 0.4) is 0 Å². The van der Waals surface area contributed by atoms with Gasteiger partial charge in [-0.15, -0.1) is 0 Å². The van der Waals surface area contributed by atoms with Gasteiger partial charge in [-0.1, -0.05) is 18.7 Å². The van der Waals surface area contributed by atoms with Crippen LogP contribution in [0, 0.1) is 5.92 Å². The summed E-state index contributed by atoms with van der Waals surface area (Å²) in [6.45, 7) is 3.27. The first kappa shape index (κ1) is 9.71. The van der Waals surface area contributed by atoms with E-state index in [0.717, 1.165) is 12.5 Å². The van der Waals surface area contributed by atoms with Gasteiger partial charge in [0, 0.05) is 24.1 Å². The van der Waals surface area contributed by atoms with Crippen LogP contribution in [0.25, 0.3) is 0 Å². The minimum Gasteiger partial charge on any atom is -0.361 e. The molecule has 2 heterocycles. The molecule has 0 spiro atoms. The fourth-order valence-electron chi connectivity index (χ4n) is 1.47. The highest BCUT2D eigenvalue weighted by atomic mass is 32.2. The molecule has 0 saturated carbocycles. The van der Waals surface area contributed by atoms with Crippen molar-refractivity contribution in [2.45, 2.75) is 19.4 Å². The highest BCUT2D eigenvalue weighted by Gasteiger charge is 2.19. The van der Waals surface area contributed by atoms with E-state index in [9.17, 15) is 0 Å². The molecule has 74 valence electrons. The Labute approximate surface area is 88.3 Å². The molecule has 13 heavy (non-hydrogen) atoms. The molecule has 1 saturated heterocycles. The van der Waals surface area contributed by atoms with Gasteiger partial charge >= 0.3 is 0 Å². The zero-order chi connectivity index (χ0) is 9.10. The van der Waals surface area contributed by atoms with Gasteiger partial charge in [0.25, 0.3) is 0 Å². The fourth-order valence-corrected chi connectivity index (χ4v) is 3.58. The minimum absolute atomic E-state index is 0.685. The standard InChI is InChI=1S/C9H16N2S2/c1-7-4-10-9(13-5-7)11-8-2-3-12-6-8/h7-8H,2-6H2,1H3,(H,10,11). The van der Waals surface area contributed by atoms with Crippen LogP contribution in [0.1, 0.15) is 13.3 Å². The lowest BCUT2D eigenvalue weighted by Crippen LogP contribution is -2.35. The Morgan fingerprint density at radius 1 is 1.46 bits per heavy atom. The van der Waals surface area contributed by atoms with E-state index < -0.39 is 0 Å². The Hall–Kier alpha value is 0.170. The molecule has 1 fully saturated rings. The van der Waals surface area contributed by atoms with E-state index in [2.05, 4.69) is 17.2 Å². The van der Waals surface area contributed by atoms with Gasteiger partial charge in [-0.2, -0.15) is 11.8 Å². The predicted molar refractivity (Wildman–Crippen MR) is 62.8 cm³/mol. The lowest BCUT2D eigenvalue weighted by Gasteiger charge is -2.20. The minimum atomic E-state index is 0.685. The molecule has 4 heteroatoms. The Kier molecular flexibility index (Phi) is 3.44. The van der Waals surface area contributed by atoms with Crippen LogP contribution in [0.2, 0.25) is 0 Å². The summed E-state index contributed by atoms with van der Waals surface area (Å²) in [5, 5.41) is 4.72. The van der Waals surface area contributed by atoms with Crippen molar-refractivity contribution in [3.05, 3.63) is 0 Å². The molecule has 0 aromatic rings. The number of hydrogen-bond donors (Lipinski definition) is 1. The van der Waals surface area contributed by atoms with Crippen molar-refractivity contribution in [1.29, 1.82) is 0 Å². The van der Waals surface area contributed by atoms with Crippen LogP contribution < -0.4 is 5.32 Å². The first-order valence-corrected chi connectivity index (χ1v) is 7.00. The van der Waals surface area contributed by atoms with Crippen molar-refractivity contribution < 1.29 is 0 Å². The van der Waals surface area contributed by atoms with Gasteiger partial charge in [-0.25, -0.2) is 0 Å². The molecular formula is C9H16N2S2. The van der Waals surface area contributed by atoms with E-state index in [-0.39, 0.29) is 0 Å². The normalized spacial score (nSPS) is 34.4. The molecule has 1 N–H and O–H groups in total. The molecule has 2 aliphatic rings. The highest BCUT2D eigenvalue weighted by Crippen LogP contribution is 2.20. The fraction of sp³-hybridized carbons (Fsp3) is 0.889. The van der Waals surface area contributed by atoms with Crippen LogP contribution in [0.5, 0.6) is 0 Å². The SMILES string of the molecule is CC1CN=C(NC2CCSC2)SC1. The first-order valence-electron chi connectivity index (χ1n) is 4.86. The van der Waals surface area contributed by atoms with Gasteiger partial charge in [0.2, 0.25) is 0 Å². The van der Waals surface area contributed by atoms with Gasteiger partial charge < -0.3 is 5.32 Å². The van der Waals surface area contributed by atoms with Crippen LogP contribution in [-0.4, -0.2) is 35.0 Å². The van der Waals surface area contributed by atoms with E-state index >= 15 is 0 Å². The molecule has 0 aromatic heterocycles. The van der Waals surface area contributed by atoms with Gasteiger partial charge in [-0.3, -0.25) is 4.99 Å². The average Bonchev–Trinajstić information content (AvgIpc) is 2.62. The second-order valence-corrected chi connectivity index (χ2v) is 5.93. The maximum atomic E-state index is 4.53. The third-order valence-corrected chi connectivity index (χ3v) is 4.73. The van der Waals surface area contributed by atoms with E-state index in [0.29, 0.717) is 6.04 Å². The Morgan fingerprint density at radius 2 is 2.38 bits per heavy atom. The maximum absolute atomic E-state index is 4.53. The maximum Gasteiger partial charge on any atom is 0.156 e. The lowest BCUT2D eigenvalue weighted by atomic mass is 10.2. The third-order valence-electron chi connectivity index (χ3n) is 2.31. The number of thioether (sulfide) groups is 2. The summed E-state index contributed by atoms with van der Waals surface area (Å²) in [5.74, 6) is 4.56. The van der Waals surface area contributed by atoms with Gasteiger partial charge in [0.1, 0.15) is 0 Å². The molecule has 0 aliphatic carbocycles. The summed E-state index contributed by atoms with van der Waals surface area (Å²) in [6, 6.07) is 0.685. The summed E-state index contributed by atoms with van der Waals surface area (Å²) in [7, 11) is 0. The number of rotatable bonds is 1. The van der Waals surface area contributed by atoms with Crippen molar-refractivity contribution in [3.8, 4) is 0 Å². The zero-order valence-electron chi connectivity index (χ0n) is 7.95. The van der Waals surface area contributed by atoms with E-state index in [4.69, 9.17) is 0 Å². The monoisotopic (exact) mass is 216 g/mol. The van der Waals surface area contributed by atoms with Crippen LogP contribution >= 0.6 is 23.5 Å². The topological polar surface area (TPSA) is 24.4 Å². The van der Waals surface area contributed by atoms with E-state index in [1.807, 2.05) is 23.5 Å². The Balaban J connectivity index is 1.80. The number of amidine groups is 1. The second kappa shape index (κ2) is 4.60. The lowest BCUT2D eigenvalue weighted by molar-refractivity contribution is 0.649. The molecule has 2 aliphatic heterocycles. The summed E-state index contributed by atoms with van der Waals surface area (Å²) in [5.41, 5.74) is 0. The molecule has 2 rings (SSSR count). The summed E-state index contributed by atoms with van der Waals surface area (Å²) < 4.78 is 0. The van der Waals surface area contributed by atoms with Gasteiger partial charge in [-0.05, 0) is 18.1 Å². The van der Waals surface area contributed by atoms with Gasteiger partial charge in [0.15, 0.2) is 5.17 Å². The number of aliphatic imine (C=N–C) groups is 1.